The molecule has 3 saturated carbocycles. The van der Waals surface area contributed by atoms with Gasteiger partial charge in [-0.05, 0) is 80.0 Å². The summed E-state index contributed by atoms with van der Waals surface area (Å²) in [5, 5.41) is 3.24. The molecule has 4 aliphatic carbocycles. The van der Waals surface area contributed by atoms with Crippen LogP contribution in [0.3, 0.4) is 0 Å². The number of nitrogens with one attached hydrogen (secondary N) is 1. The van der Waals surface area contributed by atoms with Gasteiger partial charge in [0.15, 0.2) is 0 Å². The van der Waals surface area contributed by atoms with E-state index in [0.29, 0.717) is 30.3 Å². The lowest BCUT2D eigenvalue weighted by atomic mass is 9.47. The van der Waals surface area contributed by atoms with E-state index in [4.69, 9.17) is 21.7 Å². The molecule has 0 amide bonds. The van der Waals surface area contributed by atoms with Gasteiger partial charge in [-0.25, -0.2) is 0 Å². The van der Waals surface area contributed by atoms with Crippen molar-refractivity contribution in [1.82, 2.24) is 5.32 Å². The molecule has 0 aliphatic heterocycles. The van der Waals surface area contributed by atoms with Crippen LogP contribution in [0.5, 0.6) is 0 Å². The molecule has 0 aromatic carbocycles. The van der Waals surface area contributed by atoms with Crippen molar-refractivity contribution in [3.05, 3.63) is 11.6 Å². The van der Waals surface area contributed by atoms with Gasteiger partial charge in [-0.3, -0.25) is 9.59 Å². The van der Waals surface area contributed by atoms with Crippen molar-refractivity contribution in [3.63, 3.8) is 0 Å². The molecule has 0 unspecified atom stereocenters. The standard InChI is InChI=1S/C27H41NO4S/c1-5-14-31-24(30)16-28-25(33)23-9-8-21-20-7-6-18-15-19(32-17(2)29)10-12-26(18,3)22(20)11-13-27(21,23)4/h6,19-23H,5,7-16H2,1-4H3,(H,28,33)/t19-,20-,21-,22-,23+,26-,27-/m0/s1. The third-order valence-electron chi connectivity index (χ3n) is 9.58. The number of esters is 2. The van der Waals surface area contributed by atoms with Gasteiger partial charge in [0, 0.05) is 19.3 Å². The first-order valence-corrected chi connectivity index (χ1v) is 13.4. The molecule has 6 heteroatoms. The molecular weight excluding hydrogens is 434 g/mol. The molecule has 0 spiro atoms. The van der Waals surface area contributed by atoms with Crippen LogP contribution in [0.2, 0.25) is 0 Å². The van der Waals surface area contributed by atoms with Gasteiger partial charge >= 0.3 is 11.9 Å². The van der Waals surface area contributed by atoms with E-state index in [1.165, 1.54) is 31.8 Å². The molecule has 0 radical (unpaired) electrons. The lowest BCUT2D eigenvalue weighted by molar-refractivity contribution is -0.148. The number of hydrogen-bond donors (Lipinski definition) is 1. The fourth-order valence-corrected chi connectivity index (χ4v) is 8.40. The fourth-order valence-electron chi connectivity index (χ4n) is 7.94. The number of rotatable bonds is 6. The maximum atomic E-state index is 11.9. The average molecular weight is 476 g/mol. The van der Waals surface area contributed by atoms with E-state index >= 15 is 0 Å². The van der Waals surface area contributed by atoms with Crippen molar-refractivity contribution in [2.24, 2.45) is 34.5 Å². The Kier molecular flexibility index (Phi) is 7.24. The van der Waals surface area contributed by atoms with Crippen LogP contribution in [0.15, 0.2) is 11.6 Å². The van der Waals surface area contributed by atoms with E-state index < -0.39 is 0 Å². The largest absolute Gasteiger partial charge is 0.464 e. The second-order valence-corrected chi connectivity index (χ2v) is 11.8. The van der Waals surface area contributed by atoms with Crippen LogP contribution >= 0.6 is 12.2 Å². The Bertz CT molecular complexity index is 825. The lowest BCUT2D eigenvalue weighted by Gasteiger charge is -2.58. The third-order valence-corrected chi connectivity index (χ3v) is 10.0. The van der Waals surface area contributed by atoms with Crippen LogP contribution < -0.4 is 5.32 Å². The van der Waals surface area contributed by atoms with Crippen molar-refractivity contribution in [2.75, 3.05) is 13.2 Å². The van der Waals surface area contributed by atoms with Crippen molar-refractivity contribution in [1.29, 1.82) is 0 Å². The Morgan fingerprint density at radius 1 is 1.15 bits per heavy atom. The van der Waals surface area contributed by atoms with Crippen LogP contribution in [-0.2, 0) is 19.1 Å². The molecule has 7 atom stereocenters. The first-order chi connectivity index (χ1) is 15.7. The molecule has 33 heavy (non-hydrogen) atoms. The van der Waals surface area contributed by atoms with E-state index in [0.717, 1.165) is 43.5 Å². The molecule has 4 aliphatic rings. The van der Waals surface area contributed by atoms with Gasteiger partial charge in [-0.2, -0.15) is 0 Å². The number of carbonyl (C=O) groups excluding carboxylic acids is 2. The number of hydrogen-bond acceptors (Lipinski definition) is 5. The second-order valence-electron chi connectivity index (χ2n) is 11.3. The minimum atomic E-state index is -0.218. The minimum absolute atomic E-state index is 0.0514. The molecule has 5 nitrogen and oxygen atoms in total. The van der Waals surface area contributed by atoms with Gasteiger partial charge in [0.2, 0.25) is 0 Å². The van der Waals surface area contributed by atoms with Gasteiger partial charge in [-0.1, -0.05) is 44.6 Å². The highest BCUT2D eigenvalue weighted by Gasteiger charge is 2.59. The Morgan fingerprint density at radius 3 is 2.67 bits per heavy atom. The van der Waals surface area contributed by atoms with Crippen LogP contribution in [0.1, 0.15) is 85.5 Å². The van der Waals surface area contributed by atoms with Gasteiger partial charge in [-0.15, -0.1) is 0 Å². The minimum Gasteiger partial charge on any atom is -0.464 e. The molecular formula is C27H41NO4S. The van der Waals surface area contributed by atoms with E-state index in [1.807, 2.05) is 6.92 Å². The monoisotopic (exact) mass is 475 g/mol. The Labute approximate surface area is 204 Å². The molecule has 184 valence electrons. The van der Waals surface area contributed by atoms with E-state index in [-0.39, 0.29) is 35.4 Å². The quantitative estimate of drug-likeness (QED) is 0.317. The van der Waals surface area contributed by atoms with Crippen molar-refractivity contribution < 1.29 is 19.1 Å². The Hall–Kier alpha value is -1.43. The second kappa shape index (κ2) is 9.67. The van der Waals surface area contributed by atoms with Crippen LogP contribution in [0.25, 0.3) is 0 Å². The number of ether oxygens (including phenoxy) is 2. The summed E-state index contributed by atoms with van der Waals surface area (Å²) in [6.45, 7) is 9.09. The summed E-state index contributed by atoms with van der Waals surface area (Å²) < 4.78 is 10.8. The maximum Gasteiger partial charge on any atom is 0.325 e. The molecule has 1 N–H and O–H groups in total. The zero-order chi connectivity index (χ0) is 23.8. The van der Waals surface area contributed by atoms with Gasteiger partial charge < -0.3 is 14.8 Å². The summed E-state index contributed by atoms with van der Waals surface area (Å²) in [6.07, 6.45) is 12.3. The van der Waals surface area contributed by atoms with Crippen LogP contribution in [0.4, 0.5) is 0 Å². The summed E-state index contributed by atoms with van der Waals surface area (Å²) in [5.74, 6) is 2.05. The topological polar surface area (TPSA) is 64.6 Å². The highest BCUT2D eigenvalue weighted by atomic mass is 32.1. The zero-order valence-corrected chi connectivity index (χ0v) is 21.6. The SMILES string of the molecule is CCCOC(=O)CNC(=S)[C@H]1CC[C@H]2[C@@H]3CC=C4C[C@@H](OC(C)=O)CC[C@]4(C)[C@H]3CC[C@]12C. The summed E-state index contributed by atoms with van der Waals surface area (Å²) in [6, 6.07) is 0. The summed E-state index contributed by atoms with van der Waals surface area (Å²) in [4.78, 5) is 24.3. The summed E-state index contributed by atoms with van der Waals surface area (Å²) in [5.41, 5.74) is 1.97. The number of fused-ring (bicyclic) bond motifs is 5. The summed E-state index contributed by atoms with van der Waals surface area (Å²) >= 11 is 5.82. The normalized spacial score (nSPS) is 39.4. The molecule has 0 bridgehead atoms. The highest BCUT2D eigenvalue weighted by molar-refractivity contribution is 7.80. The van der Waals surface area contributed by atoms with E-state index in [1.54, 1.807) is 0 Å². The van der Waals surface area contributed by atoms with Crippen molar-refractivity contribution >= 4 is 29.1 Å². The van der Waals surface area contributed by atoms with Crippen molar-refractivity contribution in [2.45, 2.75) is 91.6 Å². The molecule has 3 fully saturated rings. The predicted molar refractivity (Wildman–Crippen MR) is 133 cm³/mol. The molecule has 0 heterocycles. The number of allylic oxidation sites excluding steroid dienone is 1. The first kappa shape index (κ1) is 24.7. The van der Waals surface area contributed by atoms with Crippen LogP contribution in [0, 0.1) is 34.5 Å². The van der Waals surface area contributed by atoms with Crippen LogP contribution in [-0.4, -0.2) is 36.2 Å². The Balaban J connectivity index is 1.44. The fraction of sp³-hybridized carbons (Fsp3) is 0.815. The number of carbonyl (C=O) groups is 2. The summed E-state index contributed by atoms with van der Waals surface area (Å²) in [7, 11) is 0. The van der Waals surface area contributed by atoms with E-state index in [2.05, 4.69) is 25.2 Å². The molecule has 4 rings (SSSR count). The predicted octanol–water partition coefficient (Wildman–Crippen LogP) is 5.37. The molecule has 0 aromatic heterocycles. The molecule has 0 aromatic rings. The number of thiocarbonyl (C=S) groups is 1. The first-order valence-electron chi connectivity index (χ1n) is 13.0. The van der Waals surface area contributed by atoms with E-state index in [9.17, 15) is 9.59 Å². The van der Waals surface area contributed by atoms with Gasteiger partial charge in [0.1, 0.15) is 12.6 Å². The smallest absolute Gasteiger partial charge is 0.325 e. The molecule has 0 saturated heterocycles. The average Bonchev–Trinajstić information content (AvgIpc) is 3.13. The zero-order valence-electron chi connectivity index (χ0n) is 20.8. The Morgan fingerprint density at radius 2 is 1.94 bits per heavy atom. The van der Waals surface area contributed by atoms with Crippen molar-refractivity contribution in [3.8, 4) is 0 Å². The maximum absolute atomic E-state index is 11.9. The highest BCUT2D eigenvalue weighted by Crippen LogP contribution is 2.66. The van der Waals surface area contributed by atoms with Gasteiger partial charge in [0.25, 0.3) is 0 Å². The van der Waals surface area contributed by atoms with Gasteiger partial charge in [0.05, 0.1) is 11.6 Å². The lowest BCUT2D eigenvalue weighted by Crippen LogP contribution is -2.52. The third kappa shape index (κ3) is 4.61.